The number of carbonyl (C=O) groups excluding carboxylic acids is 1. The Kier molecular flexibility index (Phi) is 6.41. The van der Waals surface area contributed by atoms with Gasteiger partial charge in [0.1, 0.15) is 24.6 Å². The van der Waals surface area contributed by atoms with E-state index in [0.29, 0.717) is 16.7 Å². The molecule has 0 bridgehead atoms. The minimum Gasteiger partial charge on any atom is -0.378 e. The van der Waals surface area contributed by atoms with Gasteiger partial charge in [-0.25, -0.2) is 15.0 Å². The topological polar surface area (TPSA) is 156 Å². The molecule has 2 aliphatic rings. The second-order valence-corrected chi connectivity index (χ2v) is 11.1. The van der Waals surface area contributed by atoms with Crippen LogP contribution in [0.4, 0.5) is 5.82 Å². The van der Waals surface area contributed by atoms with Crippen molar-refractivity contribution in [3.05, 3.63) is 48.5 Å². The Bertz CT molecular complexity index is 1310. The molecule has 1 amide bonds. The van der Waals surface area contributed by atoms with Gasteiger partial charge in [0.05, 0.1) is 6.33 Å². The quantitative estimate of drug-likeness (QED) is 0.442. The molecule has 5 rings (SSSR count). The van der Waals surface area contributed by atoms with Crippen molar-refractivity contribution in [3.63, 3.8) is 0 Å². The van der Waals surface area contributed by atoms with E-state index < -0.39 is 43.8 Å². The lowest BCUT2D eigenvalue weighted by molar-refractivity contribution is -0.203. The predicted molar refractivity (Wildman–Crippen MR) is 125 cm³/mol. The number of hydrogen-bond donors (Lipinski definition) is 2. The van der Waals surface area contributed by atoms with E-state index in [1.807, 2.05) is 6.07 Å². The van der Waals surface area contributed by atoms with Gasteiger partial charge in [0.2, 0.25) is 0 Å². The van der Waals surface area contributed by atoms with E-state index in [1.165, 1.54) is 26.9 Å². The lowest BCUT2D eigenvalue weighted by atomic mass is 10.1. The minimum atomic E-state index is -3.92. The Labute approximate surface area is 206 Å². The molecule has 0 aliphatic carbocycles. The molecule has 4 heterocycles. The molecular weight excluding hydrogens is 493 g/mol. The number of aliphatic hydroxyl groups is 1. The molecule has 192 valence electrons. The number of aliphatic hydroxyl groups excluding tert-OH is 1. The van der Waals surface area contributed by atoms with Gasteiger partial charge in [-0.15, -0.1) is 0 Å². The first-order chi connectivity index (χ1) is 17.2. The summed E-state index contributed by atoms with van der Waals surface area (Å²) < 4.78 is 42.6. The van der Waals surface area contributed by atoms with Crippen molar-refractivity contribution in [2.24, 2.45) is 0 Å². The van der Waals surface area contributed by atoms with Crippen LogP contribution in [0.1, 0.15) is 30.4 Å². The number of ether oxygens (including phenoxy) is 3. The average molecular weight is 519 g/mol. The van der Waals surface area contributed by atoms with Crippen molar-refractivity contribution in [1.82, 2.24) is 19.5 Å². The molecule has 2 fully saturated rings. The fourth-order valence-electron chi connectivity index (χ4n) is 4.44. The van der Waals surface area contributed by atoms with Gasteiger partial charge in [0.15, 0.2) is 34.8 Å². The van der Waals surface area contributed by atoms with Gasteiger partial charge >= 0.3 is 7.60 Å². The van der Waals surface area contributed by atoms with Crippen LogP contribution in [-0.4, -0.2) is 74.7 Å². The van der Waals surface area contributed by atoms with Crippen LogP contribution in [0, 0.1) is 0 Å². The molecular formula is C22H26N5O8P. The van der Waals surface area contributed by atoms with Crippen molar-refractivity contribution in [2.75, 3.05) is 19.5 Å². The molecule has 36 heavy (non-hydrogen) atoms. The lowest BCUT2D eigenvalue weighted by Crippen LogP contribution is -2.39. The third-order valence-corrected chi connectivity index (χ3v) is 8.05. The number of hydrogen-bond acceptors (Lipinski definition) is 11. The van der Waals surface area contributed by atoms with E-state index in [0.717, 1.165) is 0 Å². The number of benzene rings is 1. The van der Waals surface area contributed by atoms with Crippen LogP contribution in [-0.2, 0) is 27.8 Å². The summed E-state index contributed by atoms with van der Waals surface area (Å²) in [6.07, 6.45) is -0.721. The zero-order chi connectivity index (χ0) is 25.7. The first kappa shape index (κ1) is 24.9. The van der Waals surface area contributed by atoms with Crippen molar-refractivity contribution in [3.8, 4) is 0 Å². The van der Waals surface area contributed by atoms with Crippen LogP contribution >= 0.6 is 7.60 Å². The van der Waals surface area contributed by atoms with E-state index in [-0.39, 0.29) is 11.7 Å². The maximum atomic E-state index is 12.9. The molecule has 0 spiro atoms. The number of imidazole rings is 1. The number of rotatable bonds is 7. The summed E-state index contributed by atoms with van der Waals surface area (Å²) in [5.74, 6) is -2.78. The molecule has 13 nitrogen and oxygen atoms in total. The molecule has 0 saturated carbocycles. The largest absolute Gasteiger partial charge is 0.378 e. The van der Waals surface area contributed by atoms with E-state index in [1.54, 1.807) is 42.7 Å². The average Bonchev–Trinajstić information content (AvgIpc) is 3.54. The standard InChI is InChI=1S/C22H26N5O8P/c1-22(2)34-14-15(35-22)20(33-16(14)21(29)36(30,31-3)32-4)27-11-25-13-17(23-10-24-18(13)27)26-19(28)12-8-6-5-7-9-12/h5-11,14-16,20-21,29H,1-4H3,(H,23,24,26,28)/t14-,15+,16-,20+,21-/m0/s1. The van der Waals surface area contributed by atoms with Crippen LogP contribution in [0.25, 0.3) is 11.2 Å². The molecule has 14 heteroatoms. The molecule has 0 unspecified atom stereocenters. The van der Waals surface area contributed by atoms with Gasteiger partial charge in [-0.1, -0.05) is 18.2 Å². The number of aromatic nitrogens is 4. The number of amides is 1. The van der Waals surface area contributed by atoms with Crippen molar-refractivity contribution >= 4 is 30.5 Å². The number of nitrogens with zero attached hydrogens (tertiary/aromatic N) is 4. The molecule has 5 atom stereocenters. The Hall–Kier alpha value is -2.77. The first-order valence-electron chi connectivity index (χ1n) is 11.1. The maximum Gasteiger partial charge on any atom is 0.361 e. The summed E-state index contributed by atoms with van der Waals surface area (Å²) in [5.41, 5.74) is 1.13. The molecule has 2 aliphatic heterocycles. The summed E-state index contributed by atoms with van der Waals surface area (Å²) in [6, 6.07) is 8.70. The van der Waals surface area contributed by atoms with Crippen LogP contribution in [0.15, 0.2) is 43.0 Å². The molecule has 1 aromatic carbocycles. The summed E-state index contributed by atoms with van der Waals surface area (Å²) in [4.78, 5) is 25.6. The lowest BCUT2D eigenvalue weighted by Gasteiger charge is -2.29. The zero-order valence-electron chi connectivity index (χ0n) is 20.0. The van der Waals surface area contributed by atoms with Crippen LogP contribution < -0.4 is 5.32 Å². The Morgan fingerprint density at radius 1 is 1.14 bits per heavy atom. The van der Waals surface area contributed by atoms with Crippen molar-refractivity contribution < 1.29 is 37.7 Å². The summed E-state index contributed by atoms with van der Waals surface area (Å²) in [7, 11) is -1.56. The monoisotopic (exact) mass is 519 g/mol. The normalized spacial score (nSPS) is 26.1. The van der Waals surface area contributed by atoms with Gasteiger partial charge < -0.3 is 33.7 Å². The molecule has 2 aromatic heterocycles. The molecule has 2 N–H and O–H groups in total. The van der Waals surface area contributed by atoms with Crippen molar-refractivity contribution in [2.45, 2.75) is 50.0 Å². The summed E-state index contributed by atoms with van der Waals surface area (Å²) in [6.45, 7) is 3.45. The van der Waals surface area contributed by atoms with E-state index >= 15 is 0 Å². The predicted octanol–water partition coefficient (Wildman–Crippen LogP) is 2.30. The Morgan fingerprint density at radius 3 is 2.53 bits per heavy atom. The van der Waals surface area contributed by atoms with Gasteiger partial charge in [0, 0.05) is 19.8 Å². The first-order valence-corrected chi connectivity index (χ1v) is 12.7. The highest BCUT2D eigenvalue weighted by molar-refractivity contribution is 7.54. The Morgan fingerprint density at radius 2 is 1.83 bits per heavy atom. The van der Waals surface area contributed by atoms with Crippen molar-refractivity contribution in [1.29, 1.82) is 0 Å². The number of anilines is 1. The smallest absolute Gasteiger partial charge is 0.361 e. The molecule has 3 aromatic rings. The van der Waals surface area contributed by atoms with E-state index in [9.17, 15) is 14.5 Å². The van der Waals surface area contributed by atoms with Gasteiger partial charge in [0.25, 0.3) is 5.91 Å². The minimum absolute atomic E-state index is 0.214. The third-order valence-electron chi connectivity index (χ3n) is 6.09. The Balaban J connectivity index is 1.48. The van der Waals surface area contributed by atoms with Gasteiger partial charge in [-0.05, 0) is 26.0 Å². The SMILES string of the molecule is COP(=O)(OC)[C@H](O)[C@H]1O[C@@H](n2cnc3c(NC(=O)c4ccccc4)ncnc32)[C@@H]2OC(C)(C)O[C@@H]21. The van der Waals surface area contributed by atoms with Crippen LogP contribution in [0.5, 0.6) is 0 Å². The molecule has 0 radical (unpaired) electrons. The fourth-order valence-corrected chi connectivity index (χ4v) is 5.62. The second kappa shape index (κ2) is 9.27. The number of nitrogens with one attached hydrogen (secondary N) is 1. The maximum absolute atomic E-state index is 12.9. The van der Waals surface area contributed by atoms with Gasteiger partial charge in [-0.3, -0.25) is 13.9 Å². The highest BCUT2D eigenvalue weighted by Crippen LogP contribution is 2.56. The van der Waals surface area contributed by atoms with Crippen LogP contribution in [0.3, 0.4) is 0 Å². The van der Waals surface area contributed by atoms with Crippen LogP contribution in [0.2, 0.25) is 0 Å². The number of carbonyl (C=O) groups is 1. The van der Waals surface area contributed by atoms with Gasteiger partial charge in [-0.2, -0.15) is 0 Å². The second-order valence-electron chi connectivity index (χ2n) is 8.74. The zero-order valence-corrected chi connectivity index (χ0v) is 20.9. The van der Waals surface area contributed by atoms with E-state index in [2.05, 4.69) is 20.3 Å². The highest BCUT2D eigenvalue weighted by Gasteiger charge is 2.60. The van der Waals surface area contributed by atoms with E-state index in [4.69, 9.17) is 23.3 Å². The third kappa shape index (κ3) is 4.22. The fraction of sp³-hybridized carbons (Fsp3) is 0.455. The summed E-state index contributed by atoms with van der Waals surface area (Å²) in [5, 5.41) is 13.6. The number of fused-ring (bicyclic) bond motifs is 2. The summed E-state index contributed by atoms with van der Waals surface area (Å²) >= 11 is 0. The highest BCUT2D eigenvalue weighted by atomic mass is 31.2. The molecule has 2 saturated heterocycles.